The van der Waals surface area contributed by atoms with Crippen molar-refractivity contribution in [2.24, 2.45) is 5.73 Å². The Labute approximate surface area is 127 Å². The fraction of sp³-hybridized carbons (Fsp3) is 0.556. The first-order valence-electron chi connectivity index (χ1n) is 7.99. The Balaban J connectivity index is 1.89. The van der Waals surface area contributed by atoms with Crippen molar-refractivity contribution in [3.05, 3.63) is 35.6 Å². The Kier molecular flexibility index (Phi) is 3.80. The second kappa shape index (κ2) is 5.47. The van der Waals surface area contributed by atoms with Crippen LogP contribution in [0.15, 0.2) is 28.7 Å². The van der Waals surface area contributed by atoms with Gasteiger partial charge in [0.15, 0.2) is 0 Å². The lowest BCUT2D eigenvalue weighted by Crippen LogP contribution is -2.52. The number of likely N-dealkylation sites (tertiary alicyclic amines) is 1. The van der Waals surface area contributed by atoms with E-state index in [4.69, 9.17) is 10.2 Å². The molecule has 1 saturated heterocycles. The van der Waals surface area contributed by atoms with Crippen LogP contribution in [0.25, 0.3) is 11.0 Å². The van der Waals surface area contributed by atoms with Gasteiger partial charge in [-0.2, -0.15) is 0 Å². The van der Waals surface area contributed by atoms with Crippen LogP contribution in [0.3, 0.4) is 0 Å². The van der Waals surface area contributed by atoms with E-state index in [1.165, 1.54) is 24.8 Å². The van der Waals surface area contributed by atoms with Crippen LogP contribution in [0, 0.1) is 6.92 Å². The monoisotopic (exact) mass is 286 g/mol. The number of hydrogen-bond donors (Lipinski definition) is 1. The Hall–Kier alpha value is -1.32. The number of rotatable bonds is 3. The summed E-state index contributed by atoms with van der Waals surface area (Å²) in [7, 11) is 0. The summed E-state index contributed by atoms with van der Waals surface area (Å²) in [6.45, 7) is 8.85. The van der Waals surface area contributed by atoms with Crippen LogP contribution in [0.4, 0.5) is 0 Å². The third-order valence-corrected chi connectivity index (χ3v) is 4.93. The van der Waals surface area contributed by atoms with E-state index in [2.05, 4.69) is 43.9 Å². The number of furan rings is 1. The number of fused-ring (bicyclic) bond motifs is 1. The SMILES string of the molecule is Cc1ccc2oc(C(N)C(C)(C)N3CCCCC3)cc2c1. The molecule has 1 aromatic carbocycles. The Morgan fingerprint density at radius 1 is 1.14 bits per heavy atom. The number of aryl methyl sites for hydroxylation is 1. The van der Waals surface area contributed by atoms with Crippen molar-refractivity contribution >= 4 is 11.0 Å². The number of nitrogens with zero attached hydrogens (tertiary/aromatic N) is 1. The van der Waals surface area contributed by atoms with Crippen LogP contribution in [-0.2, 0) is 0 Å². The third kappa shape index (κ3) is 2.72. The minimum atomic E-state index is -0.108. The number of hydrogen-bond acceptors (Lipinski definition) is 3. The molecule has 3 rings (SSSR count). The van der Waals surface area contributed by atoms with Crippen molar-refractivity contribution in [2.45, 2.75) is 51.6 Å². The molecule has 0 spiro atoms. The van der Waals surface area contributed by atoms with E-state index in [0.717, 1.165) is 29.8 Å². The van der Waals surface area contributed by atoms with Gasteiger partial charge in [0.05, 0.1) is 6.04 Å². The molecule has 1 aliphatic heterocycles. The quantitative estimate of drug-likeness (QED) is 0.927. The van der Waals surface area contributed by atoms with Gasteiger partial charge >= 0.3 is 0 Å². The topological polar surface area (TPSA) is 42.4 Å². The van der Waals surface area contributed by atoms with Crippen molar-refractivity contribution in [3.63, 3.8) is 0 Å². The molecule has 2 aromatic rings. The molecule has 3 nitrogen and oxygen atoms in total. The lowest BCUT2D eigenvalue weighted by Gasteiger charge is -2.43. The predicted octanol–water partition coefficient (Wildman–Crippen LogP) is 4.01. The van der Waals surface area contributed by atoms with Crippen molar-refractivity contribution in [2.75, 3.05) is 13.1 Å². The van der Waals surface area contributed by atoms with Gasteiger partial charge in [-0.1, -0.05) is 18.1 Å². The van der Waals surface area contributed by atoms with E-state index in [-0.39, 0.29) is 11.6 Å². The zero-order valence-electron chi connectivity index (χ0n) is 13.4. The molecule has 1 atom stereocenters. The molecule has 0 radical (unpaired) electrons. The lowest BCUT2D eigenvalue weighted by atomic mass is 9.89. The van der Waals surface area contributed by atoms with Crippen LogP contribution >= 0.6 is 0 Å². The fourth-order valence-electron chi connectivity index (χ4n) is 3.35. The van der Waals surface area contributed by atoms with Gasteiger partial charge in [0.2, 0.25) is 0 Å². The van der Waals surface area contributed by atoms with Crippen LogP contribution in [-0.4, -0.2) is 23.5 Å². The predicted molar refractivity (Wildman–Crippen MR) is 87.4 cm³/mol. The normalized spacial score (nSPS) is 19.0. The first-order valence-corrected chi connectivity index (χ1v) is 7.99. The van der Waals surface area contributed by atoms with Crippen LogP contribution in [0.2, 0.25) is 0 Å². The van der Waals surface area contributed by atoms with Gasteiger partial charge in [0.25, 0.3) is 0 Å². The smallest absolute Gasteiger partial charge is 0.134 e. The first-order chi connectivity index (χ1) is 9.98. The third-order valence-electron chi connectivity index (χ3n) is 4.93. The summed E-state index contributed by atoms with van der Waals surface area (Å²) >= 11 is 0. The highest BCUT2D eigenvalue weighted by atomic mass is 16.3. The van der Waals surface area contributed by atoms with Gasteiger partial charge in [-0.15, -0.1) is 0 Å². The maximum Gasteiger partial charge on any atom is 0.134 e. The van der Waals surface area contributed by atoms with E-state index in [1.54, 1.807) is 0 Å². The summed E-state index contributed by atoms with van der Waals surface area (Å²) in [5.74, 6) is 0.895. The summed E-state index contributed by atoms with van der Waals surface area (Å²) in [5, 5.41) is 1.15. The van der Waals surface area contributed by atoms with Crippen LogP contribution < -0.4 is 5.73 Å². The number of nitrogens with two attached hydrogens (primary N) is 1. The molecule has 0 saturated carbocycles. The largest absolute Gasteiger partial charge is 0.459 e. The zero-order chi connectivity index (χ0) is 15.0. The van der Waals surface area contributed by atoms with Gasteiger partial charge in [-0.25, -0.2) is 0 Å². The maximum absolute atomic E-state index is 6.57. The van der Waals surface area contributed by atoms with E-state index >= 15 is 0 Å². The molecule has 0 amide bonds. The second-order valence-corrected chi connectivity index (χ2v) is 6.87. The molecule has 1 aliphatic rings. The van der Waals surface area contributed by atoms with Gasteiger partial charge < -0.3 is 10.2 Å². The molecule has 114 valence electrons. The molecule has 0 bridgehead atoms. The summed E-state index contributed by atoms with van der Waals surface area (Å²) in [6.07, 6.45) is 3.89. The lowest BCUT2D eigenvalue weighted by molar-refractivity contribution is 0.0671. The van der Waals surface area contributed by atoms with Gasteiger partial charge in [0.1, 0.15) is 11.3 Å². The standard InChI is InChI=1S/C18H26N2O/c1-13-7-8-15-14(11-13)12-16(21-15)17(19)18(2,3)20-9-5-4-6-10-20/h7-8,11-12,17H,4-6,9-10,19H2,1-3H3. The van der Waals surface area contributed by atoms with Crippen molar-refractivity contribution < 1.29 is 4.42 Å². The summed E-state index contributed by atoms with van der Waals surface area (Å²) < 4.78 is 6.01. The summed E-state index contributed by atoms with van der Waals surface area (Å²) in [4.78, 5) is 2.51. The minimum absolute atomic E-state index is 0.0800. The molecular formula is C18H26N2O. The average molecular weight is 286 g/mol. The van der Waals surface area contributed by atoms with E-state index in [0.29, 0.717) is 0 Å². The fourth-order valence-corrected chi connectivity index (χ4v) is 3.35. The number of piperidine rings is 1. The highest BCUT2D eigenvalue weighted by Crippen LogP contribution is 2.34. The Bertz CT molecular complexity index is 623. The molecule has 21 heavy (non-hydrogen) atoms. The van der Waals surface area contributed by atoms with E-state index in [9.17, 15) is 0 Å². The Morgan fingerprint density at radius 2 is 1.86 bits per heavy atom. The van der Waals surface area contributed by atoms with Crippen LogP contribution in [0.1, 0.15) is 50.5 Å². The van der Waals surface area contributed by atoms with Crippen LogP contribution in [0.5, 0.6) is 0 Å². The van der Waals surface area contributed by atoms with E-state index in [1.807, 2.05) is 6.07 Å². The highest BCUT2D eigenvalue weighted by Gasteiger charge is 2.36. The average Bonchev–Trinajstić information content (AvgIpc) is 2.90. The van der Waals surface area contributed by atoms with Crippen molar-refractivity contribution in [1.82, 2.24) is 4.90 Å². The molecule has 0 aliphatic carbocycles. The summed E-state index contributed by atoms with van der Waals surface area (Å²) in [6, 6.07) is 8.27. The molecule has 1 aromatic heterocycles. The zero-order valence-corrected chi connectivity index (χ0v) is 13.4. The second-order valence-electron chi connectivity index (χ2n) is 6.87. The minimum Gasteiger partial charge on any atom is -0.459 e. The number of benzene rings is 1. The molecule has 1 unspecified atom stereocenters. The maximum atomic E-state index is 6.57. The molecule has 1 fully saturated rings. The van der Waals surface area contributed by atoms with E-state index < -0.39 is 0 Å². The van der Waals surface area contributed by atoms with Gasteiger partial charge in [-0.3, -0.25) is 4.90 Å². The highest BCUT2D eigenvalue weighted by molar-refractivity contribution is 5.78. The van der Waals surface area contributed by atoms with Crippen molar-refractivity contribution in [3.8, 4) is 0 Å². The van der Waals surface area contributed by atoms with Crippen molar-refractivity contribution in [1.29, 1.82) is 0 Å². The Morgan fingerprint density at radius 3 is 2.57 bits per heavy atom. The van der Waals surface area contributed by atoms with Gasteiger partial charge in [-0.05, 0) is 64.9 Å². The molecular weight excluding hydrogens is 260 g/mol. The van der Waals surface area contributed by atoms with Gasteiger partial charge in [0, 0.05) is 10.9 Å². The molecule has 3 heteroatoms. The molecule has 2 heterocycles. The molecule has 2 N–H and O–H groups in total. The summed E-state index contributed by atoms with van der Waals surface area (Å²) in [5.41, 5.74) is 8.67. The first kappa shape index (κ1) is 14.6.